The predicted molar refractivity (Wildman–Crippen MR) is 85.7 cm³/mol. The molecule has 0 radical (unpaired) electrons. The number of rotatable bonds is 7. The Bertz CT molecular complexity index is 458. The minimum absolute atomic E-state index is 0.181. The Morgan fingerprint density at radius 3 is 2.29 bits per heavy atom. The number of carbonyl (C=O) groups is 1. The first-order valence-electron chi connectivity index (χ1n) is 7.12. The van der Waals surface area contributed by atoms with Crippen LogP contribution in [0.5, 0.6) is 0 Å². The molecule has 1 aromatic carbocycles. The summed E-state index contributed by atoms with van der Waals surface area (Å²) in [5.41, 5.74) is 6.91. The van der Waals surface area contributed by atoms with Gasteiger partial charge in [-0.3, -0.25) is 10.7 Å². The molecule has 0 fully saturated rings. The molecule has 1 aromatic rings. The summed E-state index contributed by atoms with van der Waals surface area (Å²) < 4.78 is 5.38. The Morgan fingerprint density at radius 2 is 1.76 bits per heavy atom. The molecule has 3 N–H and O–H groups in total. The molecule has 0 heterocycles. The van der Waals surface area contributed by atoms with Crippen molar-refractivity contribution >= 4 is 11.8 Å². The van der Waals surface area contributed by atoms with Crippen molar-refractivity contribution in [2.75, 3.05) is 5.43 Å². The van der Waals surface area contributed by atoms with Crippen LogP contribution < -0.4 is 16.2 Å². The van der Waals surface area contributed by atoms with Gasteiger partial charge in [-0.2, -0.15) is 0 Å². The molecule has 0 aliphatic rings. The fourth-order valence-corrected chi connectivity index (χ4v) is 1.60. The van der Waals surface area contributed by atoms with Gasteiger partial charge in [-0.15, -0.1) is 0 Å². The Labute approximate surface area is 126 Å². The number of amides is 1. The van der Waals surface area contributed by atoms with Gasteiger partial charge in [-0.25, -0.2) is 10.2 Å². The van der Waals surface area contributed by atoms with Gasteiger partial charge in [0.25, 0.3) is 0 Å². The number of hydrogen-bond acceptors (Lipinski definition) is 4. The summed E-state index contributed by atoms with van der Waals surface area (Å²) in [7, 11) is 0. The summed E-state index contributed by atoms with van der Waals surface area (Å²) in [6, 6.07) is 9.52. The van der Waals surface area contributed by atoms with Crippen molar-refractivity contribution in [2.24, 2.45) is 5.92 Å². The van der Waals surface area contributed by atoms with Crippen LogP contribution in [0.3, 0.4) is 0 Å². The summed E-state index contributed by atoms with van der Waals surface area (Å²) >= 11 is 0. The van der Waals surface area contributed by atoms with E-state index in [1.807, 2.05) is 58.0 Å². The number of ether oxygens (including phenoxy) is 1. The molecule has 5 heteroatoms. The number of benzene rings is 1. The van der Waals surface area contributed by atoms with E-state index in [1.165, 1.54) is 0 Å². The van der Waals surface area contributed by atoms with E-state index in [0.717, 1.165) is 11.3 Å². The maximum atomic E-state index is 11.9. The lowest BCUT2D eigenvalue weighted by Gasteiger charge is -2.25. The lowest BCUT2D eigenvalue weighted by molar-refractivity contribution is 0.0899. The molecule has 1 rings (SSSR count). The maximum absolute atomic E-state index is 11.9. The Hall–Kier alpha value is -2.01. The first-order valence-corrected chi connectivity index (χ1v) is 7.12. The standard InChI is InChI=1S/C16H25N3O2/c1-11(2)13(5)15(17-12(3)4)21-16(20)19-18-14-9-7-6-8-10-14/h6-12,15,17-18H,5H2,1-4H3,(H,19,20). The zero-order chi connectivity index (χ0) is 15.8. The molecule has 116 valence electrons. The number of nitrogens with one attached hydrogen (secondary N) is 3. The number of hydrogen-bond donors (Lipinski definition) is 3. The molecule has 0 saturated heterocycles. The molecular formula is C16H25N3O2. The molecule has 1 amide bonds. The van der Waals surface area contributed by atoms with Crippen molar-refractivity contribution < 1.29 is 9.53 Å². The summed E-state index contributed by atoms with van der Waals surface area (Å²) in [6.45, 7) is 12.0. The number of carbonyl (C=O) groups excluding carboxylic acids is 1. The van der Waals surface area contributed by atoms with Crippen molar-refractivity contribution in [3.63, 3.8) is 0 Å². The van der Waals surface area contributed by atoms with E-state index in [-0.39, 0.29) is 12.0 Å². The highest BCUT2D eigenvalue weighted by Crippen LogP contribution is 2.14. The molecule has 0 aromatic heterocycles. The second-order valence-electron chi connectivity index (χ2n) is 5.45. The van der Waals surface area contributed by atoms with E-state index in [4.69, 9.17) is 4.74 Å². The predicted octanol–water partition coefficient (Wildman–Crippen LogP) is 3.28. The summed E-state index contributed by atoms with van der Waals surface area (Å²) in [5.74, 6) is 0.219. The zero-order valence-corrected chi connectivity index (χ0v) is 13.1. The van der Waals surface area contributed by atoms with Crippen LogP contribution in [0.4, 0.5) is 10.5 Å². The van der Waals surface area contributed by atoms with E-state index in [2.05, 4.69) is 22.7 Å². The lowest BCUT2D eigenvalue weighted by atomic mass is 10.0. The van der Waals surface area contributed by atoms with E-state index in [1.54, 1.807) is 0 Å². The highest BCUT2D eigenvalue weighted by Gasteiger charge is 2.20. The van der Waals surface area contributed by atoms with Crippen molar-refractivity contribution in [1.82, 2.24) is 10.7 Å². The minimum atomic E-state index is -0.557. The van der Waals surface area contributed by atoms with Gasteiger partial charge in [0.2, 0.25) is 0 Å². The van der Waals surface area contributed by atoms with Gasteiger partial charge in [0, 0.05) is 6.04 Å². The normalized spacial score (nSPS) is 12.1. The minimum Gasteiger partial charge on any atom is -0.425 e. The quantitative estimate of drug-likeness (QED) is 0.410. The van der Waals surface area contributed by atoms with Gasteiger partial charge in [0.1, 0.15) is 0 Å². The van der Waals surface area contributed by atoms with Gasteiger partial charge in [0.05, 0.1) is 5.69 Å². The Balaban J connectivity index is 2.53. The van der Waals surface area contributed by atoms with Crippen molar-refractivity contribution in [3.05, 3.63) is 42.5 Å². The lowest BCUT2D eigenvalue weighted by Crippen LogP contribution is -2.43. The largest absolute Gasteiger partial charge is 0.427 e. The van der Waals surface area contributed by atoms with Crippen LogP contribution in [0, 0.1) is 5.92 Å². The fourth-order valence-electron chi connectivity index (χ4n) is 1.60. The molecule has 0 bridgehead atoms. The first kappa shape index (κ1) is 17.0. The van der Waals surface area contributed by atoms with E-state index in [9.17, 15) is 4.79 Å². The van der Waals surface area contributed by atoms with Crippen molar-refractivity contribution in [3.8, 4) is 0 Å². The smallest absolute Gasteiger partial charge is 0.425 e. The van der Waals surface area contributed by atoms with E-state index in [0.29, 0.717) is 0 Å². The topological polar surface area (TPSA) is 62.4 Å². The number of hydrazine groups is 1. The van der Waals surface area contributed by atoms with Gasteiger partial charge in [-0.05, 0) is 37.5 Å². The fraction of sp³-hybridized carbons (Fsp3) is 0.438. The Morgan fingerprint density at radius 1 is 1.14 bits per heavy atom. The van der Waals surface area contributed by atoms with Gasteiger partial charge >= 0.3 is 6.09 Å². The summed E-state index contributed by atoms with van der Waals surface area (Å²) in [5, 5.41) is 3.18. The average Bonchev–Trinajstić information content (AvgIpc) is 2.44. The number of para-hydroxylation sites is 1. The average molecular weight is 291 g/mol. The van der Waals surface area contributed by atoms with Gasteiger partial charge in [-0.1, -0.05) is 38.6 Å². The van der Waals surface area contributed by atoms with Gasteiger partial charge in [0.15, 0.2) is 6.23 Å². The van der Waals surface area contributed by atoms with Crippen LogP contribution >= 0.6 is 0 Å². The molecule has 1 atom stereocenters. The van der Waals surface area contributed by atoms with Gasteiger partial charge < -0.3 is 4.74 Å². The molecule has 21 heavy (non-hydrogen) atoms. The molecular weight excluding hydrogens is 266 g/mol. The molecule has 1 unspecified atom stereocenters. The SMILES string of the molecule is C=C(C(C)C)C(NC(C)C)OC(=O)NNc1ccccc1. The number of anilines is 1. The zero-order valence-electron chi connectivity index (χ0n) is 13.1. The third kappa shape index (κ3) is 6.31. The van der Waals surface area contributed by atoms with Crippen LogP contribution in [0.15, 0.2) is 42.5 Å². The van der Waals surface area contributed by atoms with Crippen molar-refractivity contribution in [2.45, 2.75) is 40.0 Å². The summed E-state index contributed by atoms with van der Waals surface area (Å²) in [6.07, 6.45) is -1.07. The third-order valence-electron chi connectivity index (χ3n) is 2.87. The van der Waals surface area contributed by atoms with Crippen LogP contribution in [0.1, 0.15) is 27.7 Å². The van der Waals surface area contributed by atoms with Crippen LogP contribution in [-0.4, -0.2) is 18.4 Å². The molecule has 5 nitrogen and oxygen atoms in total. The Kier molecular flexibility index (Phi) is 6.75. The summed E-state index contributed by atoms with van der Waals surface area (Å²) in [4.78, 5) is 11.9. The van der Waals surface area contributed by atoms with E-state index < -0.39 is 12.3 Å². The second kappa shape index (κ2) is 8.32. The third-order valence-corrected chi connectivity index (χ3v) is 2.87. The molecule has 0 saturated carbocycles. The highest BCUT2D eigenvalue weighted by molar-refractivity contribution is 5.69. The molecule has 0 aliphatic heterocycles. The second-order valence-corrected chi connectivity index (χ2v) is 5.45. The maximum Gasteiger partial charge on any atom is 0.427 e. The van der Waals surface area contributed by atoms with Crippen LogP contribution in [-0.2, 0) is 4.74 Å². The van der Waals surface area contributed by atoms with Crippen LogP contribution in [0.25, 0.3) is 0 Å². The first-order chi connectivity index (χ1) is 9.90. The highest BCUT2D eigenvalue weighted by atomic mass is 16.6. The molecule has 0 aliphatic carbocycles. The monoisotopic (exact) mass is 291 g/mol. The molecule has 0 spiro atoms. The van der Waals surface area contributed by atoms with E-state index >= 15 is 0 Å². The van der Waals surface area contributed by atoms with Crippen LogP contribution in [0.2, 0.25) is 0 Å². The van der Waals surface area contributed by atoms with Crippen molar-refractivity contribution in [1.29, 1.82) is 0 Å².